The third-order valence-corrected chi connectivity index (χ3v) is 3.84. The lowest BCUT2D eigenvalue weighted by atomic mass is 10.2. The topological polar surface area (TPSA) is 72.7 Å². The van der Waals surface area contributed by atoms with Crippen molar-refractivity contribution in [2.24, 2.45) is 0 Å². The molecule has 2 aromatic heterocycles. The second-order valence-electron chi connectivity index (χ2n) is 4.90. The summed E-state index contributed by atoms with van der Waals surface area (Å²) >= 11 is 1.27. The first kappa shape index (κ1) is 17.4. The SMILES string of the molecule is CCCCCc1nnc(NC(=O)Cn2ccc(C(F)(F)F)n2)s1. The molecule has 6 nitrogen and oxygen atoms in total. The molecule has 0 spiro atoms. The molecule has 0 aliphatic heterocycles. The largest absolute Gasteiger partial charge is 0.435 e. The van der Waals surface area contributed by atoms with Crippen LogP contribution in [-0.4, -0.2) is 25.9 Å². The van der Waals surface area contributed by atoms with E-state index in [-0.39, 0.29) is 6.54 Å². The van der Waals surface area contributed by atoms with Gasteiger partial charge < -0.3 is 0 Å². The van der Waals surface area contributed by atoms with Gasteiger partial charge in [0.15, 0.2) is 5.69 Å². The Bertz CT molecular complexity index is 652. The van der Waals surface area contributed by atoms with Crippen LogP contribution in [0, 0.1) is 0 Å². The fourth-order valence-corrected chi connectivity index (χ4v) is 2.64. The zero-order chi connectivity index (χ0) is 16.9. The maximum absolute atomic E-state index is 12.4. The Hall–Kier alpha value is -1.97. The van der Waals surface area contributed by atoms with Crippen molar-refractivity contribution < 1.29 is 18.0 Å². The number of alkyl halides is 3. The van der Waals surface area contributed by atoms with Crippen molar-refractivity contribution in [3.8, 4) is 0 Å². The summed E-state index contributed by atoms with van der Waals surface area (Å²) in [5, 5.41) is 14.8. The highest BCUT2D eigenvalue weighted by Crippen LogP contribution is 2.27. The second kappa shape index (κ2) is 7.53. The van der Waals surface area contributed by atoms with E-state index in [0.29, 0.717) is 5.13 Å². The highest BCUT2D eigenvalue weighted by atomic mass is 32.1. The summed E-state index contributed by atoms with van der Waals surface area (Å²) in [6, 6.07) is 0.823. The minimum absolute atomic E-state index is 0.319. The number of aryl methyl sites for hydroxylation is 1. The minimum Gasteiger partial charge on any atom is -0.299 e. The third-order valence-electron chi connectivity index (χ3n) is 2.94. The van der Waals surface area contributed by atoms with Crippen molar-refractivity contribution in [1.82, 2.24) is 20.0 Å². The number of nitrogens with zero attached hydrogens (tertiary/aromatic N) is 4. The van der Waals surface area contributed by atoms with Crippen molar-refractivity contribution in [2.75, 3.05) is 5.32 Å². The Labute approximate surface area is 134 Å². The molecule has 0 aromatic carbocycles. The molecule has 23 heavy (non-hydrogen) atoms. The third kappa shape index (κ3) is 5.31. The average molecular weight is 347 g/mol. The van der Waals surface area contributed by atoms with Crippen molar-refractivity contribution in [1.29, 1.82) is 0 Å². The lowest BCUT2D eigenvalue weighted by molar-refractivity contribution is -0.141. The van der Waals surface area contributed by atoms with Crippen molar-refractivity contribution in [3.63, 3.8) is 0 Å². The van der Waals surface area contributed by atoms with E-state index in [1.54, 1.807) is 0 Å². The second-order valence-corrected chi connectivity index (χ2v) is 5.96. The van der Waals surface area contributed by atoms with E-state index in [1.807, 2.05) is 0 Å². The molecule has 0 bridgehead atoms. The van der Waals surface area contributed by atoms with E-state index in [2.05, 4.69) is 27.5 Å². The maximum Gasteiger partial charge on any atom is 0.435 e. The molecule has 0 unspecified atom stereocenters. The maximum atomic E-state index is 12.4. The minimum atomic E-state index is -4.52. The Balaban J connectivity index is 1.86. The van der Waals surface area contributed by atoms with E-state index in [0.717, 1.165) is 47.6 Å². The molecule has 0 radical (unpaired) electrons. The van der Waals surface area contributed by atoms with Gasteiger partial charge in [-0.25, -0.2) is 0 Å². The summed E-state index contributed by atoms with van der Waals surface area (Å²) < 4.78 is 38.2. The van der Waals surface area contributed by atoms with Crippen molar-refractivity contribution in [2.45, 2.75) is 45.3 Å². The van der Waals surface area contributed by atoms with E-state index in [4.69, 9.17) is 0 Å². The number of aromatic nitrogens is 4. The zero-order valence-corrected chi connectivity index (χ0v) is 13.2. The molecular weight excluding hydrogens is 331 g/mol. The molecule has 0 atom stereocenters. The molecule has 2 aromatic rings. The summed E-state index contributed by atoms with van der Waals surface area (Å²) in [6.45, 7) is 1.78. The van der Waals surface area contributed by atoms with Crippen LogP contribution >= 0.6 is 11.3 Å². The molecule has 0 aliphatic rings. The van der Waals surface area contributed by atoms with Gasteiger partial charge in [0.1, 0.15) is 11.6 Å². The van der Waals surface area contributed by atoms with Crippen LogP contribution in [0.1, 0.15) is 36.9 Å². The van der Waals surface area contributed by atoms with Crippen LogP contribution in [-0.2, 0) is 23.9 Å². The molecular formula is C13H16F3N5OS. The number of amides is 1. The van der Waals surface area contributed by atoms with Crippen LogP contribution in [0.3, 0.4) is 0 Å². The highest BCUT2D eigenvalue weighted by Gasteiger charge is 2.33. The standard InChI is InChI=1S/C13H16F3N5OS/c1-2-3-4-5-11-18-19-12(23-11)17-10(22)8-21-7-6-9(20-21)13(14,15)16/h6-7H,2-5,8H2,1H3,(H,17,19,22). The fraction of sp³-hybridized carbons (Fsp3) is 0.538. The molecule has 2 rings (SSSR count). The van der Waals surface area contributed by atoms with Gasteiger partial charge in [-0.1, -0.05) is 31.1 Å². The average Bonchev–Trinajstić information content (AvgIpc) is 3.08. The number of carbonyl (C=O) groups is 1. The number of anilines is 1. The van der Waals surface area contributed by atoms with Crippen molar-refractivity contribution in [3.05, 3.63) is 23.0 Å². The summed E-state index contributed by atoms with van der Waals surface area (Å²) in [4.78, 5) is 11.8. The highest BCUT2D eigenvalue weighted by molar-refractivity contribution is 7.15. The monoisotopic (exact) mass is 347 g/mol. The number of unbranched alkanes of at least 4 members (excludes halogenated alkanes) is 2. The van der Waals surface area contributed by atoms with E-state index < -0.39 is 17.8 Å². The molecule has 126 valence electrons. The van der Waals surface area contributed by atoms with Crippen LogP contribution in [0.5, 0.6) is 0 Å². The molecule has 10 heteroatoms. The quantitative estimate of drug-likeness (QED) is 0.781. The van der Waals surface area contributed by atoms with E-state index in [1.165, 1.54) is 11.3 Å². The lowest BCUT2D eigenvalue weighted by Gasteiger charge is -2.03. The molecule has 1 N–H and O–H groups in total. The van der Waals surface area contributed by atoms with Crippen LogP contribution in [0.4, 0.5) is 18.3 Å². The van der Waals surface area contributed by atoms with Crippen LogP contribution in [0.25, 0.3) is 0 Å². The first-order chi connectivity index (χ1) is 10.9. The number of halogens is 3. The van der Waals surface area contributed by atoms with E-state index in [9.17, 15) is 18.0 Å². The first-order valence-electron chi connectivity index (χ1n) is 7.11. The Morgan fingerprint density at radius 2 is 2.13 bits per heavy atom. The number of carbonyl (C=O) groups excluding carboxylic acids is 1. The summed E-state index contributed by atoms with van der Waals surface area (Å²) in [5.74, 6) is -0.502. The van der Waals surface area contributed by atoms with Gasteiger partial charge in [0, 0.05) is 12.6 Å². The number of hydrogen-bond acceptors (Lipinski definition) is 5. The first-order valence-corrected chi connectivity index (χ1v) is 7.93. The number of hydrogen-bond donors (Lipinski definition) is 1. The number of nitrogens with one attached hydrogen (secondary N) is 1. The molecule has 2 heterocycles. The van der Waals surface area contributed by atoms with Crippen LogP contribution in [0.15, 0.2) is 12.3 Å². The van der Waals surface area contributed by atoms with Gasteiger partial charge in [-0.05, 0) is 12.5 Å². The fourth-order valence-electron chi connectivity index (χ4n) is 1.84. The predicted molar refractivity (Wildman–Crippen MR) is 79.0 cm³/mol. The summed E-state index contributed by atoms with van der Waals surface area (Å²) in [6.07, 6.45) is 0.601. The van der Waals surface area contributed by atoms with Gasteiger partial charge in [0.05, 0.1) is 0 Å². The van der Waals surface area contributed by atoms with Crippen LogP contribution in [0.2, 0.25) is 0 Å². The molecule has 0 saturated carbocycles. The van der Waals surface area contributed by atoms with Crippen LogP contribution < -0.4 is 5.32 Å². The zero-order valence-electron chi connectivity index (χ0n) is 12.4. The molecule has 0 fully saturated rings. The molecule has 0 saturated heterocycles. The van der Waals surface area contributed by atoms with E-state index >= 15 is 0 Å². The lowest BCUT2D eigenvalue weighted by Crippen LogP contribution is -2.19. The molecule has 1 amide bonds. The molecule has 0 aliphatic carbocycles. The summed E-state index contributed by atoms with van der Waals surface area (Å²) in [5.41, 5.74) is -1.03. The predicted octanol–water partition coefficient (Wildman–Crippen LogP) is 3.12. The smallest absolute Gasteiger partial charge is 0.299 e. The normalized spacial score (nSPS) is 11.7. The Morgan fingerprint density at radius 1 is 1.35 bits per heavy atom. The van der Waals surface area contributed by atoms with Gasteiger partial charge in [-0.15, -0.1) is 10.2 Å². The Kier molecular flexibility index (Phi) is 5.69. The summed E-state index contributed by atoms with van der Waals surface area (Å²) in [7, 11) is 0. The Morgan fingerprint density at radius 3 is 2.78 bits per heavy atom. The van der Waals surface area contributed by atoms with Gasteiger partial charge in [-0.2, -0.15) is 18.3 Å². The van der Waals surface area contributed by atoms with Gasteiger partial charge in [0.25, 0.3) is 0 Å². The number of rotatable bonds is 7. The van der Waals surface area contributed by atoms with Gasteiger partial charge in [-0.3, -0.25) is 14.8 Å². The van der Waals surface area contributed by atoms with Gasteiger partial charge >= 0.3 is 6.18 Å². The van der Waals surface area contributed by atoms with Crippen molar-refractivity contribution >= 4 is 22.4 Å². The van der Waals surface area contributed by atoms with Gasteiger partial charge in [0.2, 0.25) is 11.0 Å².